The van der Waals surface area contributed by atoms with Crippen LogP contribution in [0.15, 0.2) is 72.8 Å². The van der Waals surface area contributed by atoms with Crippen molar-refractivity contribution in [1.29, 1.82) is 5.26 Å². The molecule has 0 N–H and O–H groups in total. The number of hydrogen-bond acceptors (Lipinski definition) is 1. The van der Waals surface area contributed by atoms with Gasteiger partial charge in [0.1, 0.15) is 5.82 Å². The molecule has 0 unspecified atom stereocenters. The van der Waals surface area contributed by atoms with Crippen LogP contribution in [0.2, 0.25) is 0 Å². The van der Waals surface area contributed by atoms with Crippen LogP contribution in [0.3, 0.4) is 0 Å². The van der Waals surface area contributed by atoms with Gasteiger partial charge in [0.05, 0.1) is 11.5 Å². The van der Waals surface area contributed by atoms with Crippen molar-refractivity contribution < 1.29 is 4.39 Å². The third kappa shape index (κ3) is 2.49. The van der Waals surface area contributed by atoms with Crippen LogP contribution in [0.25, 0.3) is 22.3 Å². The van der Waals surface area contributed by atoms with E-state index in [9.17, 15) is 9.65 Å². The summed E-state index contributed by atoms with van der Waals surface area (Å²) in [6, 6.07) is 25.5. The summed E-state index contributed by atoms with van der Waals surface area (Å²) < 4.78 is 14.7. The molecule has 3 aromatic carbocycles. The first kappa shape index (κ1) is 14.7. The van der Waals surface area contributed by atoms with Crippen molar-refractivity contribution in [2.75, 3.05) is 0 Å². The molecule has 0 heterocycles. The number of halogens is 1. The van der Waals surface area contributed by atoms with Gasteiger partial charge in [-0.25, -0.2) is 4.39 Å². The van der Waals surface area contributed by atoms with E-state index >= 15 is 0 Å². The Balaban J connectivity index is 1.73. The van der Waals surface area contributed by atoms with E-state index < -0.39 is 5.41 Å². The summed E-state index contributed by atoms with van der Waals surface area (Å²) in [5.41, 5.74) is 3.94. The van der Waals surface area contributed by atoms with Crippen LogP contribution >= 0.6 is 0 Å². The zero-order chi connectivity index (χ0) is 16.6. The molecule has 4 rings (SSSR count). The van der Waals surface area contributed by atoms with Gasteiger partial charge in [-0.3, -0.25) is 0 Å². The van der Waals surface area contributed by atoms with E-state index in [4.69, 9.17) is 0 Å². The molecule has 116 valence electrons. The van der Waals surface area contributed by atoms with Gasteiger partial charge in [0.15, 0.2) is 0 Å². The number of rotatable bonds is 3. The molecule has 1 aliphatic rings. The fraction of sp³-hybridized carbons (Fsp3) is 0.136. The monoisotopic (exact) mass is 313 g/mol. The normalized spacial score (nSPS) is 14.8. The van der Waals surface area contributed by atoms with Gasteiger partial charge in [0.25, 0.3) is 0 Å². The average Bonchev–Trinajstić information content (AvgIpc) is 3.44. The van der Waals surface area contributed by atoms with Gasteiger partial charge < -0.3 is 0 Å². The molecule has 0 bridgehead atoms. The van der Waals surface area contributed by atoms with E-state index in [1.165, 1.54) is 6.07 Å². The van der Waals surface area contributed by atoms with E-state index in [1.807, 2.05) is 60.7 Å². The van der Waals surface area contributed by atoms with Gasteiger partial charge in [0.2, 0.25) is 0 Å². The van der Waals surface area contributed by atoms with Crippen molar-refractivity contribution >= 4 is 0 Å². The Morgan fingerprint density at radius 3 is 2.17 bits per heavy atom. The maximum absolute atomic E-state index is 14.7. The Kier molecular flexibility index (Phi) is 3.43. The lowest BCUT2D eigenvalue weighted by molar-refractivity contribution is 0.627. The Labute approximate surface area is 141 Å². The zero-order valence-corrected chi connectivity index (χ0v) is 13.2. The third-order valence-corrected chi connectivity index (χ3v) is 4.77. The highest BCUT2D eigenvalue weighted by molar-refractivity contribution is 5.73. The molecule has 0 aliphatic heterocycles. The number of hydrogen-bond donors (Lipinski definition) is 0. The minimum absolute atomic E-state index is 0.265. The van der Waals surface area contributed by atoms with Crippen molar-refractivity contribution in [3.05, 3.63) is 84.2 Å². The van der Waals surface area contributed by atoms with Crippen molar-refractivity contribution in [3.63, 3.8) is 0 Å². The molecular weight excluding hydrogens is 297 g/mol. The van der Waals surface area contributed by atoms with Crippen LogP contribution < -0.4 is 0 Å². The fourth-order valence-corrected chi connectivity index (χ4v) is 3.13. The summed E-state index contributed by atoms with van der Waals surface area (Å²) in [4.78, 5) is 0. The average molecular weight is 313 g/mol. The van der Waals surface area contributed by atoms with Gasteiger partial charge in [-0.1, -0.05) is 60.7 Å². The van der Waals surface area contributed by atoms with E-state index in [0.29, 0.717) is 5.56 Å². The maximum atomic E-state index is 14.7. The second kappa shape index (κ2) is 5.62. The maximum Gasteiger partial charge on any atom is 0.131 e. The molecular formula is C22H16FN. The summed E-state index contributed by atoms with van der Waals surface area (Å²) in [5.74, 6) is -0.265. The lowest BCUT2D eigenvalue weighted by Crippen LogP contribution is -2.03. The first-order chi connectivity index (χ1) is 11.7. The van der Waals surface area contributed by atoms with E-state index in [-0.39, 0.29) is 5.82 Å². The molecule has 0 spiro atoms. The predicted octanol–water partition coefficient (Wildman–Crippen LogP) is 5.71. The molecule has 1 saturated carbocycles. The Morgan fingerprint density at radius 2 is 1.50 bits per heavy atom. The van der Waals surface area contributed by atoms with Crippen molar-refractivity contribution in [2.45, 2.75) is 18.3 Å². The predicted molar refractivity (Wildman–Crippen MR) is 93.8 cm³/mol. The Morgan fingerprint density at radius 1 is 0.792 bits per heavy atom. The van der Waals surface area contributed by atoms with Crippen LogP contribution in [-0.4, -0.2) is 0 Å². The summed E-state index contributed by atoms with van der Waals surface area (Å²) in [6.07, 6.45) is 1.65. The van der Waals surface area contributed by atoms with Crippen LogP contribution in [0.1, 0.15) is 18.4 Å². The van der Waals surface area contributed by atoms with Crippen LogP contribution in [0.5, 0.6) is 0 Å². The fourth-order valence-electron chi connectivity index (χ4n) is 3.13. The van der Waals surface area contributed by atoms with Gasteiger partial charge in [-0.2, -0.15) is 5.26 Å². The largest absolute Gasteiger partial charge is 0.206 e. The number of nitrogens with zero attached hydrogens (tertiary/aromatic N) is 1. The quantitative estimate of drug-likeness (QED) is 0.607. The summed E-state index contributed by atoms with van der Waals surface area (Å²) in [5, 5.41) is 9.28. The van der Waals surface area contributed by atoms with E-state index in [0.717, 1.165) is 35.1 Å². The smallest absolute Gasteiger partial charge is 0.131 e. The van der Waals surface area contributed by atoms with Crippen molar-refractivity contribution in [2.24, 2.45) is 0 Å². The minimum atomic E-state index is -0.453. The van der Waals surface area contributed by atoms with Crippen LogP contribution in [0.4, 0.5) is 4.39 Å². The molecule has 0 saturated heterocycles. The standard InChI is InChI=1S/C22H16FN/c23-21-14-19(22(15-24)11-12-22)9-10-20(21)18-8-4-7-17(13-18)16-5-2-1-3-6-16/h1-10,13-14H,11-12H2. The van der Waals surface area contributed by atoms with E-state index in [2.05, 4.69) is 6.07 Å². The highest BCUT2D eigenvalue weighted by Gasteiger charge is 2.45. The van der Waals surface area contributed by atoms with Gasteiger partial charge >= 0.3 is 0 Å². The molecule has 0 amide bonds. The summed E-state index contributed by atoms with van der Waals surface area (Å²) in [6.45, 7) is 0. The highest BCUT2D eigenvalue weighted by Crippen LogP contribution is 2.48. The third-order valence-electron chi connectivity index (χ3n) is 4.77. The van der Waals surface area contributed by atoms with Gasteiger partial charge in [0, 0.05) is 5.56 Å². The molecule has 2 heteroatoms. The van der Waals surface area contributed by atoms with Crippen LogP contribution in [0, 0.1) is 17.1 Å². The van der Waals surface area contributed by atoms with Gasteiger partial charge in [-0.05, 0) is 47.2 Å². The lowest BCUT2D eigenvalue weighted by Gasteiger charge is -2.11. The van der Waals surface area contributed by atoms with E-state index in [1.54, 1.807) is 6.07 Å². The Bertz CT molecular complexity index is 934. The summed E-state index contributed by atoms with van der Waals surface area (Å²) >= 11 is 0. The van der Waals surface area contributed by atoms with Crippen molar-refractivity contribution in [1.82, 2.24) is 0 Å². The SMILES string of the molecule is N#CC1(c2ccc(-c3cccc(-c4ccccc4)c3)c(F)c2)CC1. The molecule has 1 nitrogen and oxygen atoms in total. The minimum Gasteiger partial charge on any atom is -0.206 e. The van der Waals surface area contributed by atoms with Gasteiger partial charge in [-0.15, -0.1) is 0 Å². The lowest BCUT2D eigenvalue weighted by atomic mass is 9.93. The highest BCUT2D eigenvalue weighted by atomic mass is 19.1. The number of benzene rings is 3. The first-order valence-electron chi connectivity index (χ1n) is 8.09. The first-order valence-corrected chi connectivity index (χ1v) is 8.09. The molecule has 1 fully saturated rings. The molecule has 0 atom stereocenters. The molecule has 24 heavy (non-hydrogen) atoms. The molecule has 0 aromatic heterocycles. The molecule has 3 aromatic rings. The van der Waals surface area contributed by atoms with Crippen molar-refractivity contribution in [3.8, 4) is 28.3 Å². The molecule has 1 aliphatic carbocycles. The topological polar surface area (TPSA) is 23.8 Å². The Hall–Kier alpha value is -2.92. The molecule has 0 radical (unpaired) electrons. The zero-order valence-electron chi connectivity index (χ0n) is 13.2. The van der Waals surface area contributed by atoms with Crippen LogP contribution in [-0.2, 0) is 5.41 Å². The second-order valence-electron chi connectivity index (χ2n) is 6.34. The summed E-state index contributed by atoms with van der Waals surface area (Å²) in [7, 11) is 0. The second-order valence-corrected chi connectivity index (χ2v) is 6.34. The number of nitriles is 1.